The minimum absolute atomic E-state index is 0.278. The van der Waals surface area contributed by atoms with Gasteiger partial charge in [-0.25, -0.2) is 0 Å². The Morgan fingerprint density at radius 2 is 2.00 bits per heavy atom. The summed E-state index contributed by atoms with van der Waals surface area (Å²) in [5, 5.41) is 0. The van der Waals surface area contributed by atoms with Gasteiger partial charge < -0.3 is 14.2 Å². The summed E-state index contributed by atoms with van der Waals surface area (Å²) in [5.41, 5.74) is 0. The zero-order valence-electron chi connectivity index (χ0n) is 11.4. The molecular weight excluding hydrogens is 216 g/mol. The maximum atomic E-state index is 6.08. The van der Waals surface area contributed by atoms with Crippen molar-refractivity contribution in [3.8, 4) is 0 Å². The third kappa shape index (κ3) is 2.83. The summed E-state index contributed by atoms with van der Waals surface area (Å²) >= 11 is 0. The topological polar surface area (TPSA) is 27.7 Å². The van der Waals surface area contributed by atoms with E-state index in [9.17, 15) is 0 Å². The van der Waals surface area contributed by atoms with Crippen molar-refractivity contribution in [3.63, 3.8) is 0 Å². The standard InChI is InChI=1S/C14H26O3/c1-4-12-7-8-13(17-12)10-16-14(15-3)9-5-6-11(14)2/h11-13H,4-10H2,1-3H3. The van der Waals surface area contributed by atoms with Crippen LogP contribution in [0.1, 0.15) is 52.4 Å². The van der Waals surface area contributed by atoms with E-state index in [0.29, 0.717) is 18.6 Å². The lowest BCUT2D eigenvalue weighted by atomic mass is 10.1. The van der Waals surface area contributed by atoms with E-state index < -0.39 is 0 Å². The van der Waals surface area contributed by atoms with Crippen LogP contribution in [0, 0.1) is 5.92 Å². The van der Waals surface area contributed by atoms with Gasteiger partial charge in [0.1, 0.15) is 0 Å². The third-order valence-electron chi connectivity index (χ3n) is 4.42. The molecule has 4 atom stereocenters. The minimum atomic E-state index is -0.340. The van der Waals surface area contributed by atoms with Crippen molar-refractivity contribution < 1.29 is 14.2 Å². The summed E-state index contributed by atoms with van der Waals surface area (Å²) in [5.74, 6) is 0.157. The first kappa shape index (κ1) is 13.3. The van der Waals surface area contributed by atoms with Crippen LogP contribution in [-0.4, -0.2) is 31.7 Å². The van der Waals surface area contributed by atoms with Gasteiger partial charge in [0.25, 0.3) is 0 Å². The van der Waals surface area contributed by atoms with Gasteiger partial charge in [0.2, 0.25) is 0 Å². The summed E-state index contributed by atoms with van der Waals surface area (Å²) in [4.78, 5) is 0. The molecule has 0 aromatic heterocycles. The van der Waals surface area contributed by atoms with Crippen LogP contribution in [0.15, 0.2) is 0 Å². The van der Waals surface area contributed by atoms with E-state index in [0.717, 1.165) is 19.3 Å². The van der Waals surface area contributed by atoms with Gasteiger partial charge in [-0.1, -0.05) is 13.8 Å². The Morgan fingerprint density at radius 1 is 1.24 bits per heavy atom. The molecule has 100 valence electrons. The normalized spacial score (nSPS) is 42.2. The summed E-state index contributed by atoms with van der Waals surface area (Å²) in [6, 6.07) is 0. The molecule has 0 bridgehead atoms. The number of hydrogen-bond donors (Lipinski definition) is 0. The molecule has 17 heavy (non-hydrogen) atoms. The van der Waals surface area contributed by atoms with Crippen molar-refractivity contribution in [3.05, 3.63) is 0 Å². The van der Waals surface area contributed by atoms with Gasteiger partial charge >= 0.3 is 0 Å². The van der Waals surface area contributed by atoms with Gasteiger partial charge in [-0.15, -0.1) is 0 Å². The van der Waals surface area contributed by atoms with E-state index in [2.05, 4.69) is 13.8 Å². The Morgan fingerprint density at radius 3 is 2.53 bits per heavy atom. The predicted molar refractivity (Wildman–Crippen MR) is 66.9 cm³/mol. The van der Waals surface area contributed by atoms with Gasteiger partial charge in [0.05, 0.1) is 18.8 Å². The first-order valence-corrected chi connectivity index (χ1v) is 7.04. The zero-order valence-corrected chi connectivity index (χ0v) is 11.4. The molecule has 3 nitrogen and oxygen atoms in total. The highest BCUT2D eigenvalue weighted by Crippen LogP contribution is 2.39. The number of rotatable bonds is 5. The van der Waals surface area contributed by atoms with Crippen molar-refractivity contribution in [2.45, 2.75) is 70.4 Å². The van der Waals surface area contributed by atoms with Gasteiger partial charge in [-0.3, -0.25) is 0 Å². The Kier molecular flexibility index (Phi) is 4.45. The second-order valence-corrected chi connectivity index (χ2v) is 5.49. The molecular formula is C14H26O3. The molecule has 2 aliphatic rings. The van der Waals surface area contributed by atoms with Gasteiger partial charge in [-0.05, 0) is 32.1 Å². The molecule has 1 aliphatic heterocycles. The molecule has 0 radical (unpaired) electrons. The Labute approximate surface area is 105 Å². The molecule has 1 heterocycles. The molecule has 3 heteroatoms. The molecule has 0 aromatic rings. The molecule has 4 unspecified atom stereocenters. The molecule has 1 aliphatic carbocycles. The lowest BCUT2D eigenvalue weighted by Crippen LogP contribution is -2.39. The molecule has 2 fully saturated rings. The van der Waals surface area contributed by atoms with Crippen molar-refractivity contribution >= 4 is 0 Å². The van der Waals surface area contributed by atoms with Gasteiger partial charge in [0.15, 0.2) is 5.79 Å². The first-order valence-electron chi connectivity index (χ1n) is 7.04. The van der Waals surface area contributed by atoms with E-state index in [4.69, 9.17) is 14.2 Å². The van der Waals surface area contributed by atoms with Crippen LogP contribution in [0.5, 0.6) is 0 Å². The van der Waals surface area contributed by atoms with E-state index in [1.165, 1.54) is 19.3 Å². The van der Waals surface area contributed by atoms with Crippen LogP contribution in [0.25, 0.3) is 0 Å². The molecule has 0 N–H and O–H groups in total. The smallest absolute Gasteiger partial charge is 0.170 e. The van der Waals surface area contributed by atoms with Crippen molar-refractivity contribution in [1.29, 1.82) is 0 Å². The Hall–Kier alpha value is -0.120. The van der Waals surface area contributed by atoms with Crippen LogP contribution in [0.4, 0.5) is 0 Å². The van der Waals surface area contributed by atoms with Crippen LogP contribution in [0.2, 0.25) is 0 Å². The fourth-order valence-electron chi connectivity index (χ4n) is 3.13. The SMILES string of the molecule is CCC1CCC(COC2(OC)CCCC2C)O1. The quantitative estimate of drug-likeness (QED) is 0.693. The maximum Gasteiger partial charge on any atom is 0.170 e. The van der Waals surface area contributed by atoms with Crippen molar-refractivity contribution in [1.82, 2.24) is 0 Å². The Balaban J connectivity index is 1.81. The Bertz CT molecular complexity index is 244. The lowest BCUT2D eigenvalue weighted by molar-refractivity contribution is -0.250. The van der Waals surface area contributed by atoms with Crippen LogP contribution >= 0.6 is 0 Å². The summed E-state index contributed by atoms with van der Waals surface area (Å²) in [7, 11) is 1.77. The van der Waals surface area contributed by atoms with E-state index in [1.54, 1.807) is 7.11 Å². The molecule has 1 saturated heterocycles. The van der Waals surface area contributed by atoms with Crippen LogP contribution < -0.4 is 0 Å². The molecule has 2 rings (SSSR count). The summed E-state index contributed by atoms with van der Waals surface area (Å²) in [6.07, 6.45) is 7.58. The highest BCUT2D eigenvalue weighted by molar-refractivity contribution is 4.84. The third-order valence-corrected chi connectivity index (χ3v) is 4.42. The number of ether oxygens (including phenoxy) is 3. The second-order valence-electron chi connectivity index (χ2n) is 5.49. The predicted octanol–water partition coefficient (Wildman–Crippen LogP) is 3.12. The van der Waals surface area contributed by atoms with Crippen LogP contribution in [-0.2, 0) is 14.2 Å². The summed E-state index contributed by atoms with van der Waals surface area (Å²) in [6.45, 7) is 5.10. The monoisotopic (exact) mass is 242 g/mol. The lowest BCUT2D eigenvalue weighted by Gasteiger charge is -2.33. The van der Waals surface area contributed by atoms with E-state index in [-0.39, 0.29) is 11.9 Å². The highest BCUT2D eigenvalue weighted by Gasteiger charge is 2.42. The molecule has 0 amide bonds. The first-order chi connectivity index (χ1) is 8.20. The highest BCUT2D eigenvalue weighted by atomic mass is 16.7. The van der Waals surface area contributed by atoms with Crippen molar-refractivity contribution in [2.24, 2.45) is 5.92 Å². The van der Waals surface area contributed by atoms with E-state index in [1.807, 2.05) is 0 Å². The zero-order chi connectivity index (χ0) is 12.3. The number of methoxy groups -OCH3 is 1. The summed E-state index contributed by atoms with van der Waals surface area (Å²) < 4.78 is 17.6. The maximum absolute atomic E-state index is 6.08. The fraction of sp³-hybridized carbons (Fsp3) is 1.00. The van der Waals surface area contributed by atoms with Gasteiger partial charge in [-0.2, -0.15) is 0 Å². The average molecular weight is 242 g/mol. The van der Waals surface area contributed by atoms with E-state index >= 15 is 0 Å². The van der Waals surface area contributed by atoms with Gasteiger partial charge in [0, 0.05) is 19.4 Å². The fourth-order valence-corrected chi connectivity index (χ4v) is 3.13. The average Bonchev–Trinajstić information content (AvgIpc) is 2.94. The minimum Gasteiger partial charge on any atom is -0.373 e. The largest absolute Gasteiger partial charge is 0.373 e. The molecule has 0 aromatic carbocycles. The number of hydrogen-bond acceptors (Lipinski definition) is 3. The molecule has 1 saturated carbocycles. The second kappa shape index (κ2) is 5.68. The van der Waals surface area contributed by atoms with Crippen LogP contribution in [0.3, 0.4) is 0 Å². The molecule has 0 spiro atoms. The van der Waals surface area contributed by atoms with Crippen molar-refractivity contribution in [2.75, 3.05) is 13.7 Å².